The number of allylic oxidation sites excluding steroid dienone is 3. The van der Waals surface area contributed by atoms with Crippen LogP contribution >= 0.6 is 0 Å². The number of hydrogen-bond donors (Lipinski definition) is 1. The van der Waals surface area contributed by atoms with E-state index in [0.29, 0.717) is 12.5 Å². The molecule has 0 aromatic rings. The number of nitroso groups, excluding NO2 is 1. The molecule has 3 nitrogen and oxygen atoms in total. The van der Waals surface area contributed by atoms with Crippen molar-refractivity contribution in [3.63, 3.8) is 0 Å². The zero-order valence-corrected chi connectivity index (χ0v) is 8.70. The summed E-state index contributed by atoms with van der Waals surface area (Å²) in [6.45, 7) is 1.36. The summed E-state index contributed by atoms with van der Waals surface area (Å²) in [5.41, 5.74) is 1.38. The van der Waals surface area contributed by atoms with Gasteiger partial charge in [-0.15, -0.1) is 0 Å². The van der Waals surface area contributed by atoms with E-state index >= 15 is 0 Å². The maximum absolute atomic E-state index is 10.3. The molecular formula is C11H18N2O. The average Bonchev–Trinajstić information content (AvgIpc) is 2.25. The van der Waals surface area contributed by atoms with Gasteiger partial charge in [-0.1, -0.05) is 29.0 Å². The Balaban J connectivity index is 2.51. The molecule has 0 heterocycles. The number of hydrogen-bond acceptors (Lipinski definition) is 3. The molecule has 0 aromatic heterocycles. The van der Waals surface area contributed by atoms with E-state index in [0.717, 1.165) is 25.8 Å². The van der Waals surface area contributed by atoms with E-state index in [-0.39, 0.29) is 0 Å². The van der Waals surface area contributed by atoms with Crippen molar-refractivity contribution in [2.75, 3.05) is 20.1 Å². The van der Waals surface area contributed by atoms with Crippen LogP contribution in [0, 0.1) is 10.8 Å². The molecule has 1 atom stereocenters. The highest BCUT2D eigenvalue weighted by Gasteiger charge is 2.14. The Bertz CT molecular complexity index is 233. The van der Waals surface area contributed by atoms with Gasteiger partial charge in [0.25, 0.3) is 0 Å². The lowest BCUT2D eigenvalue weighted by Gasteiger charge is -2.18. The molecule has 0 spiro atoms. The summed E-state index contributed by atoms with van der Waals surface area (Å²) in [6.07, 6.45) is 9.56. The van der Waals surface area contributed by atoms with Gasteiger partial charge in [-0.25, -0.2) is 0 Å². The van der Waals surface area contributed by atoms with Gasteiger partial charge < -0.3 is 5.32 Å². The lowest BCUT2D eigenvalue weighted by atomic mass is 9.89. The van der Waals surface area contributed by atoms with Crippen LogP contribution in [0.1, 0.15) is 19.3 Å². The van der Waals surface area contributed by atoms with Crippen LogP contribution in [-0.4, -0.2) is 20.1 Å². The molecule has 1 aliphatic rings. The van der Waals surface area contributed by atoms with E-state index in [1.165, 1.54) is 5.57 Å². The molecule has 0 radical (unpaired) electrons. The Morgan fingerprint density at radius 2 is 2.50 bits per heavy atom. The summed E-state index contributed by atoms with van der Waals surface area (Å²) in [6, 6.07) is 0. The van der Waals surface area contributed by atoms with E-state index < -0.39 is 0 Å². The van der Waals surface area contributed by atoms with Crippen LogP contribution < -0.4 is 5.32 Å². The number of rotatable bonds is 6. The summed E-state index contributed by atoms with van der Waals surface area (Å²) >= 11 is 0. The Morgan fingerprint density at radius 1 is 1.64 bits per heavy atom. The van der Waals surface area contributed by atoms with Crippen molar-refractivity contribution in [3.05, 3.63) is 28.7 Å². The minimum atomic E-state index is 0.338. The Kier molecular flexibility index (Phi) is 5.15. The third-order valence-electron chi connectivity index (χ3n) is 2.61. The first-order chi connectivity index (χ1) is 6.88. The average molecular weight is 194 g/mol. The van der Waals surface area contributed by atoms with Crippen LogP contribution in [0.4, 0.5) is 0 Å². The summed E-state index contributed by atoms with van der Waals surface area (Å²) in [4.78, 5) is 10.3. The fourth-order valence-electron chi connectivity index (χ4n) is 1.76. The topological polar surface area (TPSA) is 41.5 Å². The molecule has 0 saturated heterocycles. The molecule has 1 unspecified atom stereocenters. The van der Waals surface area contributed by atoms with Crippen LogP contribution in [0.3, 0.4) is 0 Å². The zero-order chi connectivity index (χ0) is 10.2. The molecule has 1 rings (SSSR count). The van der Waals surface area contributed by atoms with Crippen molar-refractivity contribution in [2.45, 2.75) is 19.3 Å². The van der Waals surface area contributed by atoms with Crippen molar-refractivity contribution < 1.29 is 0 Å². The van der Waals surface area contributed by atoms with Gasteiger partial charge in [0, 0.05) is 5.92 Å². The first kappa shape index (κ1) is 11.1. The number of nitrogens with one attached hydrogen (secondary N) is 1. The van der Waals surface area contributed by atoms with Gasteiger partial charge in [-0.2, -0.15) is 4.91 Å². The second-order valence-corrected chi connectivity index (χ2v) is 3.61. The van der Waals surface area contributed by atoms with E-state index in [4.69, 9.17) is 0 Å². The van der Waals surface area contributed by atoms with Gasteiger partial charge in [0.2, 0.25) is 0 Å². The van der Waals surface area contributed by atoms with Gasteiger partial charge in [0.1, 0.15) is 0 Å². The van der Waals surface area contributed by atoms with E-state index in [9.17, 15) is 4.91 Å². The first-order valence-corrected chi connectivity index (χ1v) is 5.17. The smallest absolute Gasteiger partial charge is 0.0876 e. The molecule has 14 heavy (non-hydrogen) atoms. The van der Waals surface area contributed by atoms with Crippen molar-refractivity contribution in [2.24, 2.45) is 11.1 Å². The van der Waals surface area contributed by atoms with E-state index in [2.05, 4.69) is 28.7 Å². The van der Waals surface area contributed by atoms with Crippen LogP contribution in [0.25, 0.3) is 0 Å². The second-order valence-electron chi connectivity index (χ2n) is 3.61. The highest BCUT2D eigenvalue weighted by atomic mass is 16.3. The molecule has 0 aliphatic heterocycles. The highest BCUT2D eigenvalue weighted by molar-refractivity contribution is 5.20. The third kappa shape index (κ3) is 3.42. The lowest BCUT2D eigenvalue weighted by Crippen LogP contribution is -2.17. The largest absolute Gasteiger partial charge is 0.320 e. The molecule has 78 valence electrons. The normalized spacial score (nSPS) is 17.6. The van der Waals surface area contributed by atoms with Gasteiger partial charge >= 0.3 is 0 Å². The first-order valence-electron chi connectivity index (χ1n) is 5.17. The molecule has 1 aliphatic carbocycles. The predicted molar refractivity (Wildman–Crippen MR) is 59.2 cm³/mol. The molecule has 0 bridgehead atoms. The molecular weight excluding hydrogens is 176 g/mol. The Labute approximate surface area is 85.2 Å². The Hall–Kier alpha value is -0.960. The predicted octanol–water partition coefficient (Wildman–Crippen LogP) is 2.25. The summed E-state index contributed by atoms with van der Waals surface area (Å²) in [7, 11) is 1.93. The zero-order valence-electron chi connectivity index (χ0n) is 8.70. The van der Waals surface area contributed by atoms with Crippen LogP contribution in [0.15, 0.2) is 29.0 Å². The van der Waals surface area contributed by atoms with Crippen molar-refractivity contribution in [1.82, 2.24) is 5.32 Å². The highest BCUT2D eigenvalue weighted by Crippen LogP contribution is 2.23. The van der Waals surface area contributed by atoms with Crippen molar-refractivity contribution >= 4 is 0 Å². The minimum Gasteiger partial charge on any atom is -0.320 e. The molecule has 0 aromatic carbocycles. The van der Waals surface area contributed by atoms with E-state index in [1.54, 1.807) is 0 Å². The Morgan fingerprint density at radius 3 is 3.07 bits per heavy atom. The molecule has 0 fully saturated rings. The monoisotopic (exact) mass is 194 g/mol. The maximum atomic E-state index is 10.3. The fourth-order valence-corrected chi connectivity index (χ4v) is 1.76. The molecule has 0 saturated carbocycles. The third-order valence-corrected chi connectivity index (χ3v) is 2.61. The minimum absolute atomic E-state index is 0.338. The van der Waals surface area contributed by atoms with Crippen LogP contribution in [0.2, 0.25) is 0 Å². The quantitative estimate of drug-likeness (QED) is 0.659. The second kappa shape index (κ2) is 6.49. The van der Waals surface area contributed by atoms with Crippen LogP contribution in [-0.2, 0) is 0 Å². The number of nitrogens with zero attached hydrogens (tertiary/aromatic N) is 1. The van der Waals surface area contributed by atoms with Gasteiger partial charge in [0.05, 0.1) is 6.54 Å². The fraction of sp³-hybridized carbons (Fsp3) is 0.636. The van der Waals surface area contributed by atoms with Gasteiger partial charge in [-0.3, -0.25) is 0 Å². The summed E-state index contributed by atoms with van der Waals surface area (Å²) in [5, 5.41) is 6.13. The SMILES string of the molecule is CNCCC(CN=O)C1=CC=CCC1. The van der Waals surface area contributed by atoms with E-state index in [1.807, 2.05) is 7.05 Å². The molecule has 0 amide bonds. The van der Waals surface area contributed by atoms with Crippen molar-refractivity contribution in [3.8, 4) is 0 Å². The van der Waals surface area contributed by atoms with Gasteiger partial charge in [0.15, 0.2) is 0 Å². The van der Waals surface area contributed by atoms with Crippen molar-refractivity contribution in [1.29, 1.82) is 0 Å². The summed E-state index contributed by atoms with van der Waals surface area (Å²) in [5.74, 6) is 0.338. The maximum Gasteiger partial charge on any atom is 0.0876 e. The van der Waals surface area contributed by atoms with Gasteiger partial charge in [-0.05, 0) is 32.9 Å². The molecule has 3 heteroatoms. The van der Waals surface area contributed by atoms with Crippen LogP contribution in [0.5, 0.6) is 0 Å². The molecule has 1 N–H and O–H groups in total. The summed E-state index contributed by atoms with van der Waals surface area (Å²) < 4.78 is 0. The standard InChI is InChI=1S/C11H18N2O/c1-12-8-7-11(9-13-14)10-5-3-2-4-6-10/h2-3,5,11-12H,4,6-9H2,1H3. The lowest BCUT2D eigenvalue weighted by molar-refractivity contribution is 0.532.